The van der Waals surface area contributed by atoms with Gasteiger partial charge in [-0.1, -0.05) is 41.6 Å². The van der Waals surface area contributed by atoms with Crippen molar-refractivity contribution in [3.8, 4) is 5.69 Å². The number of hydrogen-bond donors (Lipinski definition) is 3. The number of benzene rings is 2. The van der Waals surface area contributed by atoms with E-state index in [1.165, 1.54) is 17.8 Å². The van der Waals surface area contributed by atoms with Crippen molar-refractivity contribution < 1.29 is 4.79 Å². The average molecular weight is 477 g/mol. The average Bonchev–Trinajstić information content (AvgIpc) is 3.17. The molecule has 9 nitrogen and oxygen atoms in total. The molecule has 2 aromatic carbocycles. The third-order valence-electron chi connectivity index (χ3n) is 5.14. The summed E-state index contributed by atoms with van der Waals surface area (Å²) in [5, 5.41) is 12.0. The van der Waals surface area contributed by atoms with Gasteiger partial charge in [-0.05, 0) is 50.1 Å². The maximum atomic E-state index is 12.5. The second-order valence-corrected chi connectivity index (χ2v) is 8.96. The summed E-state index contributed by atoms with van der Waals surface area (Å²) in [4.78, 5) is 40.8. The van der Waals surface area contributed by atoms with Gasteiger partial charge < -0.3 is 10.3 Å². The number of nitrogens with zero attached hydrogens (tertiary/aromatic N) is 3. The van der Waals surface area contributed by atoms with Crippen LogP contribution in [0.2, 0.25) is 0 Å². The Hall–Kier alpha value is -3.92. The zero-order chi connectivity index (χ0) is 24.2. The Labute approximate surface area is 199 Å². The lowest BCUT2D eigenvalue weighted by molar-refractivity contribution is -0.113. The quantitative estimate of drug-likeness (QED) is 0.352. The number of nitrogens with one attached hydrogen (secondary N) is 3. The highest BCUT2D eigenvalue weighted by Gasteiger charge is 2.18. The summed E-state index contributed by atoms with van der Waals surface area (Å²) in [7, 11) is 0. The molecule has 34 heavy (non-hydrogen) atoms. The predicted molar refractivity (Wildman–Crippen MR) is 132 cm³/mol. The lowest BCUT2D eigenvalue weighted by atomic mass is 10.1. The first-order valence-corrected chi connectivity index (χ1v) is 11.6. The number of aromatic nitrogens is 5. The Kier molecular flexibility index (Phi) is 6.78. The van der Waals surface area contributed by atoms with Gasteiger partial charge >= 0.3 is 5.69 Å². The first kappa shape index (κ1) is 23.2. The molecule has 0 radical (unpaired) electrons. The van der Waals surface area contributed by atoms with Gasteiger partial charge in [0.05, 0.1) is 11.4 Å². The molecule has 1 amide bonds. The fraction of sp³-hybridized carbons (Fsp3) is 0.208. The number of anilines is 1. The van der Waals surface area contributed by atoms with E-state index in [0.717, 1.165) is 28.1 Å². The smallest absolute Gasteiger partial charge is 0.325 e. The highest BCUT2D eigenvalue weighted by Crippen LogP contribution is 2.26. The second-order valence-electron chi connectivity index (χ2n) is 8.02. The van der Waals surface area contributed by atoms with Gasteiger partial charge in [0, 0.05) is 23.9 Å². The third-order valence-corrected chi connectivity index (χ3v) is 6.07. The summed E-state index contributed by atoms with van der Waals surface area (Å²) in [6.45, 7) is 5.95. The fourth-order valence-corrected chi connectivity index (χ4v) is 4.22. The van der Waals surface area contributed by atoms with Gasteiger partial charge in [0.2, 0.25) is 5.91 Å². The molecular formula is C24H24N6O3S. The maximum Gasteiger partial charge on any atom is 0.325 e. The van der Waals surface area contributed by atoms with Gasteiger partial charge in [-0.3, -0.25) is 19.1 Å². The molecule has 2 aromatic heterocycles. The number of hydrogen-bond acceptors (Lipinski definition) is 6. The fourth-order valence-electron chi connectivity index (χ4n) is 3.46. The summed E-state index contributed by atoms with van der Waals surface area (Å²) < 4.78 is 1.87. The first-order chi connectivity index (χ1) is 16.3. The van der Waals surface area contributed by atoms with Crippen molar-refractivity contribution in [3.63, 3.8) is 0 Å². The lowest BCUT2D eigenvalue weighted by Gasteiger charge is -2.14. The Morgan fingerprint density at radius 2 is 1.71 bits per heavy atom. The van der Waals surface area contributed by atoms with E-state index in [2.05, 4.69) is 25.5 Å². The van der Waals surface area contributed by atoms with Crippen LogP contribution in [0, 0.1) is 20.8 Å². The molecule has 0 aliphatic carbocycles. The first-order valence-electron chi connectivity index (χ1n) is 10.6. The van der Waals surface area contributed by atoms with Gasteiger partial charge in [-0.2, -0.15) is 0 Å². The molecule has 0 aliphatic rings. The van der Waals surface area contributed by atoms with Crippen molar-refractivity contribution in [2.45, 2.75) is 32.3 Å². The van der Waals surface area contributed by atoms with Crippen LogP contribution in [-0.4, -0.2) is 36.4 Å². The van der Waals surface area contributed by atoms with Gasteiger partial charge in [0.25, 0.3) is 5.56 Å². The van der Waals surface area contributed by atoms with Gasteiger partial charge in [0.15, 0.2) is 5.16 Å². The summed E-state index contributed by atoms with van der Waals surface area (Å²) in [5.41, 5.74) is 4.11. The summed E-state index contributed by atoms with van der Waals surface area (Å²) in [6.07, 6.45) is 0.190. The van der Waals surface area contributed by atoms with E-state index in [1.54, 1.807) is 0 Å². The number of H-pyrrole nitrogens is 2. The molecule has 10 heteroatoms. The molecule has 0 unspecified atom stereocenters. The molecule has 3 N–H and O–H groups in total. The zero-order valence-electron chi connectivity index (χ0n) is 19.0. The number of thioether (sulfide) groups is 1. The molecular weight excluding hydrogens is 452 g/mol. The molecule has 0 bridgehead atoms. The number of amides is 1. The molecule has 174 valence electrons. The van der Waals surface area contributed by atoms with Crippen LogP contribution in [0.3, 0.4) is 0 Å². The van der Waals surface area contributed by atoms with Crippen LogP contribution in [0.25, 0.3) is 5.69 Å². The van der Waals surface area contributed by atoms with Crippen LogP contribution in [0.5, 0.6) is 0 Å². The van der Waals surface area contributed by atoms with Crippen LogP contribution < -0.4 is 16.6 Å². The van der Waals surface area contributed by atoms with Gasteiger partial charge in [-0.15, -0.1) is 10.2 Å². The summed E-state index contributed by atoms with van der Waals surface area (Å²) in [6, 6.07) is 14.9. The Bertz CT molecular complexity index is 1420. The Balaban J connectivity index is 1.63. The van der Waals surface area contributed by atoms with Crippen LogP contribution in [0.15, 0.2) is 63.3 Å². The molecule has 0 saturated heterocycles. The molecule has 0 atom stereocenters. The highest BCUT2D eigenvalue weighted by atomic mass is 32.2. The van der Waals surface area contributed by atoms with E-state index in [-0.39, 0.29) is 18.1 Å². The summed E-state index contributed by atoms with van der Waals surface area (Å²) in [5.74, 6) is 0.514. The number of carbonyl (C=O) groups excluding carboxylic acids is 1. The lowest BCUT2D eigenvalue weighted by Crippen LogP contribution is -2.23. The standard InChI is InChI=1S/C24H24N6O3S/c1-14-5-8-17(9-6-14)25-22(32)13-34-24-29-28-20(11-18-12-21(31)27-23(33)26-18)30(24)19-10-15(2)4-7-16(19)3/h4-10,12H,11,13H2,1-3H3,(H,25,32)(H2,26,27,31,33). The van der Waals surface area contributed by atoms with E-state index >= 15 is 0 Å². The van der Waals surface area contributed by atoms with Crippen molar-refractivity contribution in [1.82, 2.24) is 24.7 Å². The van der Waals surface area contributed by atoms with Crippen molar-refractivity contribution in [3.05, 3.63) is 97.6 Å². The minimum Gasteiger partial charge on any atom is -0.325 e. The van der Waals surface area contributed by atoms with E-state index in [0.29, 0.717) is 16.7 Å². The van der Waals surface area contributed by atoms with Gasteiger partial charge in [-0.25, -0.2) is 4.79 Å². The van der Waals surface area contributed by atoms with Crippen molar-refractivity contribution in [2.24, 2.45) is 0 Å². The van der Waals surface area contributed by atoms with E-state index in [4.69, 9.17) is 0 Å². The number of aromatic amines is 2. The zero-order valence-corrected chi connectivity index (χ0v) is 19.8. The Morgan fingerprint density at radius 1 is 0.971 bits per heavy atom. The minimum atomic E-state index is -0.581. The van der Waals surface area contributed by atoms with Crippen LogP contribution >= 0.6 is 11.8 Å². The number of rotatable bonds is 7. The minimum absolute atomic E-state index is 0.138. The molecule has 0 spiro atoms. The molecule has 4 aromatic rings. The highest BCUT2D eigenvalue weighted by molar-refractivity contribution is 7.99. The molecule has 0 aliphatic heterocycles. The van der Waals surface area contributed by atoms with Crippen LogP contribution in [0.1, 0.15) is 28.2 Å². The number of carbonyl (C=O) groups is 1. The van der Waals surface area contributed by atoms with Crippen LogP contribution in [-0.2, 0) is 11.2 Å². The Morgan fingerprint density at radius 3 is 2.44 bits per heavy atom. The summed E-state index contributed by atoms with van der Waals surface area (Å²) >= 11 is 1.26. The maximum absolute atomic E-state index is 12.5. The largest absolute Gasteiger partial charge is 0.325 e. The molecule has 0 fully saturated rings. The van der Waals surface area contributed by atoms with Gasteiger partial charge in [0.1, 0.15) is 5.82 Å². The van der Waals surface area contributed by atoms with Crippen LogP contribution in [0.4, 0.5) is 5.69 Å². The molecule has 0 saturated carbocycles. The third kappa shape index (κ3) is 5.52. The molecule has 2 heterocycles. The number of aryl methyl sites for hydroxylation is 3. The van der Waals surface area contributed by atoms with Crippen molar-refractivity contribution in [2.75, 3.05) is 11.1 Å². The van der Waals surface area contributed by atoms with E-state index < -0.39 is 11.2 Å². The second kappa shape index (κ2) is 9.92. The topological polar surface area (TPSA) is 126 Å². The van der Waals surface area contributed by atoms with Crippen molar-refractivity contribution in [1.29, 1.82) is 0 Å². The van der Waals surface area contributed by atoms with E-state index in [1.807, 2.05) is 67.8 Å². The SMILES string of the molecule is Cc1ccc(NC(=O)CSc2nnc(Cc3cc(=O)[nH]c(=O)[nH]3)n2-c2cc(C)ccc2C)cc1. The van der Waals surface area contributed by atoms with Crippen molar-refractivity contribution >= 4 is 23.4 Å². The predicted octanol–water partition coefficient (Wildman–Crippen LogP) is 2.89. The normalized spacial score (nSPS) is 10.9. The van der Waals surface area contributed by atoms with E-state index in [9.17, 15) is 14.4 Å². The monoisotopic (exact) mass is 476 g/mol. The molecule has 4 rings (SSSR count).